The first-order chi connectivity index (χ1) is 11.5. The Hall–Kier alpha value is -1.76. The van der Waals surface area contributed by atoms with Gasteiger partial charge in [-0.1, -0.05) is 24.3 Å². The lowest BCUT2D eigenvalue weighted by atomic mass is 10.1. The van der Waals surface area contributed by atoms with Crippen molar-refractivity contribution < 1.29 is 17.9 Å². The first-order valence-corrected chi connectivity index (χ1v) is 8.23. The van der Waals surface area contributed by atoms with Crippen LogP contribution in [0.4, 0.5) is 13.2 Å². The Kier molecular flexibility index (Phi) is 6.90. The third-order valence-corrected chi connectivity index (χ3v) is 3.71. The minimum absolute atomic E-state index is 0.0422. The first-order valence-electron chi connectivity index (χ1n) is 8.23. The first kappa shape index (κ1) is 18.6. The van der Waals surface area contributed by atoms with Crippen LogP contribution < -0.4 is 5.32 Å². The van der Waals surface area contributed by atoms with Crippen LogP contribution in [-0.4, -0.2) is 43.3 Å². The number of hydrogen-bond acceptors (Lipinski definition) is 2. The Morgan fingerprint density at radius 1 is 1.17 bits per heavy atom. The van der Waals surface area contributed by atoms with Gasteiger partial charge < -0.3 is 15.0 Å². The molecule has 0 aliphatic carbocycles. The highest BCUT2D eigenvalue weighted by Crippen LogP contribution is 2.16. The van der Waals surface area contributed by atoms with Gasteiger partial charge >= 0.3 is 6.18 Å². The molecule has 1 aliphatic rings. The molecule has 1 heterocycles. The van der Waals surface area contributed by atoms with Gasteiger partial charge in [-0.05, 0) is 30.9 Å². The van der Waals surface area contributed by atoms with E-state index in [1.54, 1.807) is 12.1 Å². The van der Waals surface area contributed by atoms with Crippen molar-refractivity contribution in [2.24, 2.45) is 4.99 Å². The van der Waals surface area contributed by atoms with Gasteiger partial charge in [0.15, 0.2) is 5.96 Å². The fourth-order valence-electron chi connectivity index (χ4n) is 2.55. The van der Waals surface area contributed by atoms with Gasteiger partial charge in [-0.3, -0.25) is 0 Å². The van der Waals surface area contributed by atoms with Gasteiger partial charge in [-0.25, -0.2) is 4.99 Å². The summed E-state index contributed by atoms with van der Waals surface area (Å²) in [6, 6.07) is 7.32. The summed E-state index contributed by atoms with van der Waals surface area (Å²) in [6.45, 7) is 4.21. The van der Waals surface area contributed by atoms with E-state index in [0.717, 1.165) is 36.7 Å². The maximum Gasteiger partial charge on any atom is 0.411 e. The number of guanidine groups is 1. The fraction of sp³-hybridized carbons (Fsp3) is 0.588. The molecule has 0 saturated carbocycles. The summed E-state index contributed by atoms with van der Waals surface area (Å²) in [7, 11) is 0. The highest BCUT2D eigenvalue weighted by molar-refractivity contribution is 5.80. The van der Waals surface area contributed by atoms with E-state index in [1.165, 1.54) is 12.8 Å². The van der Waals surface area contributed by atoms with Gasteiger partial charge in [-0.2, -0.15) is 13.2 Å². The second-order valence-corrected chi connectivity index (χ2v) is 5.79. The molecule has 134 valence electrons. The van der Waals surface area contributed by atoms with Gasteiger partial charge in [0.05, 0.1) is 13.2 Å². The smallest absolute Gasteiger partial charge is 0.367 e. The number of nitrogens with zero attached hydrogens (tertiary/aromatic N) is 2. The monoisotopic (exact) mass is 343 g/mol. The second kappa shape index (κ2) is 8.92. The normalized spacial score (nSPS) is 15.8. The summed E-state index contributed by atoms with van der Waals surface area (Å²) in [4.78, 5) is 6.89. The van der Waals surface area contributed by atoms with Crippen molar-refractivity contribution in [2.45, 2.75) is 39.1 Å². The van der Waals surface area contributed by atoms with Gasteiger partial charge in [0.2, 0.25) is 0 Å². The molecule has 0 radical (unpaired) electrons. The number of alkyl halides is 3. The molecule has 0 bridgehead atoms. The second-order valence-electron chi connectivity index (χ2n) is 5.79. The average molecular weight is 343 g/mol. The van der Waals surface area contributed by atoms with E-state index in [9.17, 15) is 13.2 Å². The molecule has 1 aliphatic heterocycles. The highest BCUT2D eigenvalue weighted by atomic mass is 19.4. The quantitative estimate of drug-likeness (QED) is 0.636. The maximum absolute atomic E-state index is 12.0. The lowest BCUT2D eigenvalue weighted by Crippen LogP contribution is -2.39. The Bertz CT molecular complexity index is 523. The zero-order valence-corrected chi connectivity index (χ0v) is 13.9. The molecule has 2 rings (SSSR count). The van der Waals surface area contributed by atoms with Gasteiger partial charge in [-0.15, -0.1) is 0 Å². The molecule has 0 amide bonds. The average Bonchev–Trinajstić information content (AvgIpc) is 3.06. The number of hydrogen-bond donors (Lipinski definition) is 1. The summed E-state index contributed by atoms with van der Waals surface area (Å²) in [5.41, 5.74) is 1.74. The Balaban J connectivity index is 1.86. The topological polar surface area (TPSA) is 36.9 Å². The predicted molar refractivity (Wildman–Crippen MR) is 87.8 cm³/mol. The van der Waals surface area contributed by atoms with E-state index in [0.29, 0.717) is 6.54 Å². The lowest BCUT2D eigenvalue weighted by Gasteiger charge is -2.20. The molecule has 1 fully saturated rings. The predicted octanol–water partition coefficient (Wildman–Crippen LogP) is 3.33. The Morgan fingerprint density at radius 3 is 2.38 bits per heavy atom. The largest absolute Gasteiger partial charge is 0.411 e. The molecule has 4 nitrogen and oxygen atoms in total. The number of rotatable bonds is 6. The van der Waals surface area contributed by atoms with Crippen molar-refractivity contribution in [3.63, 3.8) is 0 Å². The summed E-state index contributed by atoms with van der Waals surface area (Å²) >= 11 is 0. The standard InChI is InChI=1S/C17H24F3N3O/c1-2-21-16(23-9-3-4-10-23)22-11-14-5-7-15(8-6-14)12-24-13-17(18,19)20/h5-8H,2-4,9-13H2,1H3,(H,21,22). The van der Waals surface area contributed by atoms with Crippen molar-refractivity contribution >= 4 is 5.96 Å². The molecule has 1 N–H and O–H groups in total. The molecule has 1 aromatic rings. The van der Waals surface area contributed by atoms with Crippen LogP contribution in [0.2, 0.25) is 0 Å². The van der Waals surface area contributed by atoms with E-state index >= 15 is 0 Å². The molecule has 0 aromatic heterocycles. The summed E-state index contributed by atoms with van der Waals surface area (Å²) < 4.78 is 40.8. The van der Waals surface area contributed by atoms with Crippen LogP contribution in [-0.2, 0) is 17.9 Å². The fourth-order valence-corrected chi connectivity index (χ4v) is 2.55. The number of ether oxygens (including phenoxy) is 1. The number of benzene rings is 1. The van der Waals surface area contributed by atoms with Gasteiger partial charge in [0.25, 0.3) is 0 Å². The third-order valence-electron chi connectivity index (χ3n) is 3.71. The van der Waals surface area contributed by atoms with E-state index in [-0.39, 0.29) is 6.61 Å². The summed E-state index contributed by atoms with van der Waals surface area (Å²) in [5, 5.41) is 3.30. The molecule has 0 unspecified atom stereocenters. The Labute approximate surface area is 140 Å². The van der Waals surface area contributed by atoms with Crippen LogP contribution in [0.15, 0.2) is 29.3 Å². The van der Waals surface area contributed by atoms with Gasteiger partial charge in [0.1, 0.15) is 6.61 Å². The number of likely N-dealkylation sites (tertiary alicyclic amines) is 1. The van der Waals surface area contributed by atoms with Crippen molar-refractivity contribution in [1.29, 1.82) is 0 Å². The molecule has 1 aromatic carbocycles. The minimum atomic E-state index is -4.28. The lowest BCUT2D eigenvalue weighted by molar-refractivity contribution is -0.176. The zero-order valence-electron chi connectivity index (χ0n) is 13.9. The zero-order chi connectivity index (χ0) is 17.4. The van der Waals surface area contributed by atoms with Crippen LogP contribution in [0.25, 0.3) is 0 Å². The van der Waals surface area contributed by atoms with Crippen molar-refractivity contribution in [1.82, 2.24) is 10.2 Å². The molecule has 0 atom stereocenters. The van der Waals surface area contributed by atoms with E-state index in [2.05, 4.69) is 19.9 Å². The number of nitrogens with one attached hydrogen (secondary N) is 1. The van der Waals surface area contributed by atoms with Crippen LogP contribution in [0, 0.1) is 0 Å². The number of halogens is 3. The number of aliphatic imine (C=N–C) groups is 1. The summed E-state index contributed by atoms with van der Waals surface area (Å²) in [6.07, 6.45) is -1.90. The van der Waals surface area contributed by atoms with Crippen LogP contribution in [0.3, 0.4) is 0 Å². The SMILES string of the molecule is CCNC(=NCc1ccc(COCC(F)(F)F)cc1)N1CCCC1. The molecule has 24 heavy (non-hydrogen) atoms. The van der Waals surface area contributed by atoms with Crippen molar-refractivity contribution in [2.75, 3.05) is 26.2 Å². The molecule has 1 saturated heterocycles. The maximum atomic E-state index is 12.0. The van der Waals surface area contributed by atoms with Gasteiger partial charge in [0, 0.05) is 19.6 Å². The summed E-state index contributed by atoms with van der Waals surface area (Å²) in [5.74, 6) is 0.924. The van der Waals surface area contributed by atoms with Crippen LogP contribution >= 0.6 is 0 Å². The molecular weight excluding hydrogens is 319 g/mol. The van der Waals surface area contributed by atoms with Crippen molar-refractivity contribution in [3.8, 4) is 0 Å². The van der Waals surface area contributed by atoms with Crippen LogP contribution in [0.5, 0.6) is 0 Å². The van der Waals surface area contributed by atoms with Crippen molar-refractivity contribution in [3.05, 3.63) is 35.4 Å². The molecule has 0 spiro atoms. The third kappa shape index (κ3) is 6.39. The molecular formula is C17H24F3N3O. The van der Waals surface area contributed by atoms with Crippen LogP contribution in [0.1, 0.15) is 30.9 Å². The van der Waals surface area contributed by atoms with E-state index < -0.39 is 12.8 Å². The van der Waals surface area contributed by atoms with E-state index in [1.807, 2.05) is 19.1 Å². The highest BCUT2D eigenvalue weighted by Gasteiger charge is 2.27. The van der Waals surface area contributed by atoms with E-state index in [4.69, 9.17) is 0 Å². The minimum Gasteiger partial charge on any atom is -0.367 e. The molecule has 7 heteroatoms. The Morgan fingerprint density at radius 2 is 1.79 bits per heavy atom.